The lowest BCUT2D eigenvalue weighted by Gasteiger charge is -2.35. The summed E-state index contributed by atoms with van der Waals surface area (Å²) in [5.41, 5.74) is 0.434. The molecule has 1 aliphatic heterocycles. The lowest BCUT2D eigenvalue weighted by molar-refractivity contribution is 0.355. The van der Waals surface area contributed by atoms with Gasteiger partial charge in [-0.3, -0.25) is 0 Å². The van der Waals surface area contributed by atoms with E-state index in [1.807, 2.05) is 0 Å². The summed E-state index contributed by atoms with van der Waals surface area (Å²) in [5, 5.41) is 9.00. The van der Waals surface area contributed by atoms with E-state index in [0.29, 0.717) is 17.5 Å². The molecule has 1 aliphatic rings. The van der Waals surface area contributed by atoms with Crippen LogP contribution in [0.15, 0.2) is 12.4 Å². The highest BCUT2D eigenvalue weighted by Crippen LogP contribution is 2.25. The molecular weight excluding hydrogens is 200 g/mol. The number of aromatic nitrogens is 2. The van der Waals surface area contributed by atoms with Crippen LogP contribution in [-0.4, -0.2) is 23.1 Å². The Hall–Kier alpha value is -1.63. The van der Waals surface area contributed by atoms with E-state index in [1.165, 1.54) is 6.42 Å². The summed E-state index contributed by atoms with van der Waals surface area (Å²) in [6, 6.07) is 2.11. The molecule has 2 unspecified atom stereocenters. The number of anilines is 1. The summed E-state index contributed by atoms with van der Waals surface area (Å²) in [7, 11) is 0. The Kier molecular flexibility index (Phi) is 3.04. The molecule has 1 aromatic rings. The fraction of sp³-hybridized carbons (Fsp3) is 0.583. The molecule has 0 bridgehead atoms. The van der Waals surface area contributed by atoms with Gasteiger partial charge in [-0.05, 0) is 18.3 Å². The second-order valence-corrected chi connectivity index (χ2v) is 4.69. The molecule has 2 rings (SSSR count). The van der Waals surface area contributed by atoms with Gasteiger partial charge in [-0.15, -0.1) is 0 Å². The number of hydrogen-bond donors (Lipinski definition) is 0. The van der Waals surface area contributed by atoms with E-state index in [1.54, 1.807) is 12.4 Å². The third-order valence-electron chi connectivity index (χ3n) is 2.95. The van der Waals surface area contributed by atoms with Crippen molar-refractivity contribution in [2.75, 3.05) is 18.0 Å². The molecule has 0 saturated carbocycles. The number of rotatable bonds is 1. The molecular formula is C12H16N4. The normalized spacial score (nSPS) is 25.2. The third-order valence-corrected chi connectivity index (χ3v) is 2.95. The summed E-state index contributed by atoms with van der Waals surface area (Å²) in [4.78, 5) is 10.5. The largest absolute Gasteiger partial charge is 0.354 e. The molecule has 0 amide bonds. The van der Waals surface area contributed by atoms with Crippen molar-refractivity contribution in [3.63, 3.8) is 0 Å². The van der Waals surface area contributed by atoms with Crippen LogP contribution in [0.1, 0.15) is 26.0 Å². The molecule has 2 heterocycles. The van der Waals surface area contributed by atoms with Crippen molar-refractivity contribution in [3.05, 3.63) is 18.1 Å². The minimum Gasteiger partial charge on any atom is -0.354 e. The average Bonchev–Trinajstić information content (AvgIpc) is 2.27. The lowest BCUT2D eigenvalue weighted by atomic mass is 9.92. The van der Waals surface area contributed by atoms with Crippen LogP contribution in [-0.2, 0) is 0 Å². The molecule has 0 N–H and O–H groups in total. The van der Waals surface area contributed by atoms with Crippen molar-refractivity contribution in [1.82, 2.24) is 9.97 Å². The SMILES string of the molecule is CC1CC(C)CN(c2nccnc2C#N)C1. The fourth-order valence-corrected chi connectivity index (χ4v) is 2.48. The molecule has 0 aromatic carbocycles. The first-order valence-electron chi connectivity index (χ1n) is 5.66. The molecule has 0 aliphatic carbocycles. The maximum atomic E-state index is 9.00. The van der Waals surface area contributed by atoms with Crippen LogP contribution in [0.2, 0.25) is 0 Å². The van der Waals surface area contributed by atoms with E-state index >= 15 is 0 Å². The van der Waals surface area contributed by atoms with Crippen molar-refractivity contribution >= 4 is 5.82 Å². The van der Waals surface area contributed by atoms with Crippen LogP contribution < -0.4 is 4.90 Å². The van der Waals surface area contributed by atoms with E-state index in [0.717, 1.165) is 18.9 Å². The van der Waals surface area contributed by atoms with Crippen molar-refractivity contribution in [3.8, 4) is 6.07 Å². The maximum Gasteiger partial charge on any atom is 0.183 e. The predicted molar refractivity (Wildman–Crippen MR) is 61.9 cm³/mol. The second kappa shape index (κ2) is 4.48. The number of nitrogens with zero attached hydrogens (tertiary/aromatic N) is 4. The molecule has 2 atom stereocenters. The summed E-state index contributed by atoms with van der Waals surface area (Å²) >= 11 is 0. The molecule has 1 aromatic heterocycles. The van der Waals surface area contributed by atoms with Crippen LogP contribution in [0, 0.1) is 23.2 Å². The summed E-state index contributed by atoms with van der Waals surface area (Å²) in [5.74, 6) is 2.04. The zero-order valence-corrected chi connectivity index (χ0v) is 9.72. The van der Waals surface area contributed by atoms with Gasteiger partial charge >= 0.3 is 0 Å². The van der Waals surface area contributed by atoms with Crippen molar-refractivity contribution in [2.45, 2.75) is 20.3 Å². The third kappa shape index (κ3) is 2.13. The topological polar surface area (TPSA) is 52.8 Å². The number of nitriles is 1. The molecule has 0 spiro atoms. The van der Waals surface area contributed by atoms with Gasteiger partial charge in [-0.1, -0.05) is 13.8 Å². The van der Waals surface area contributed by atoms with E-state index in [2.05, 4.69) is 34.8 Å². The standard InChI is InChI=1S/C12H16N4/c1-9-5-10(2)8-16(7-9)12-11(6-13)14-3-4-15-12/h3-4,9-10H,5,7-8H2,1-2H3. The number of hydrogen-bond acceptors (Lipinski definition) is 4. The summed E-state index contributed by atoms with van der Waals surface area (Å²) in [6.07, 6.45) is 4.47. The first-order valence-corrected chi connectivity index (χ1v) is 5.66. The minimum absolute atomic E-state index is 0.434. The Morgan fingerprint density at radius 2 is 1.88 bits per heavy atom. The van der Waals surface area contributed by atoms with Gasteiger partial charge in [-0.25, -0.2) is 9.97 Å². The van der Waals surface area contributed by atoms with Gasteiger partial charge in [0.05, 0.1) is 0 Å². The van der Waals surface area contributed by atoms with E-state index in [9.17, 15) is 0 Å². The van der Waals surface area contributed by atoms with Crippen LogP contribution in [0.3, 0.4) is 0 Å². The Bertz CT molecular complexity index is 400. The molecule has 4 heteroatoms. The first kappa shape index (κ1) is 10.9. The van der Waals surface area contributed by atoms with Crippen molar-refractivity contribution in [2.24, 2.45) is 11.8 Å². The number of piperidine rings is 1. The molecule has 1 saturated heterocycles. The lowest BCUT2D eigenvalue weighted by Crippen LogP contribution is -2.39. The monoisotopic (exact) mass is 216 g/mol. The maximum absolute atomic E-state index is 9.00. The van der Waals surface area contributed by atoms with E-state index in [-0.39, 0.29) is 0 Å². The Balaban J connectivity index is 2.26. The quantitative estimate of drug-likeness (QED) is 0.718. The Labute approximate surface area is 95.9 Å². The van der Waals surface area contributed by atoms with Crippen LogP contribution in [0.5, 0.6) is 0 Å². The van der Waals surface area contributed by atoms with Crippen molar-refractivity contribution in [1.29, 1.82) is 5.26 Å². The smallest absolute Gasteiger partial charge is 0.183 e. The zero-order valence-electron chi connectivity index (χ0n) is 9.72. The zero-order chi connectivity index (χ0) is 11.5. The Morgan fingerprint density at radius 1 is 1.25 bits per heavy atom. The van der Waals surface area contributed by atoms with Gasteiger partial charge in [0.25, 0.3) is 0 Å². The highest BCUT2D eigenvalue weighted by atomic mass is 15.2. The Morgan fingerprint density at radius 3 is 2.50 bits per heavy atom. The first-order chi connectivity index (χ1) is 7.70. The summed E-state index contributed by atoms with van der Waals surface area (Å²) < 4.78 is 0. The van der Waals surface area contributed by atoms with E-state index < -0.39 is 0 Å². The molecule has 84 valence electrons. The van der Waals surface area contributed by atoms with Gasteiger partial charge in [0.15, 0.2) is 11.5 Å². The van der Waals surface area contributed by atoms with Gasteiger partial charge in [-0.2, -0.15) is 5.26 Å². The minimum atomic E-state index is 0.434. The molecule has 1 fully saturated rings. The molecule has 4 nitrogen and oxygen atoms in total. The van der Waals surface area contributed by atoms with Crippen molar-refractivity contribution < 1.29 is 0 Å². The average molecular weight is 216 g/mol. The van der Waals surface area contributed by atoms with Gasteiger partial charge in [0.2, 0.25) is 0 Å². The van der Waals surface area contributed by atoms with Crippen LogP contribution in [0.25, 0.3) is 0 Å². The highest BCUT2D eigenvalue weighted by Gasteiger charge is 2.24. The fourth-order valence-electron chi connectivity index (χ4n) is 2.48. The van der Waals surface area contributed by atoms with E-state index in [4.69, 9.17) is 5.26 Å². The summed E-state index contributed by atoms with van der Waals surface area (Å²) in [6.45, 7) is 6.42. The molecule has 0 radical (unpaired) electrons. The van der Waals surface area contributed by atoms with Gasteiger partial charge in [0.1, 0.15) is 6.07 Å². The second-order valence-electron chi connectivity index (χ2n) is 4.69. The van der Waals surface area contributed by atoms with Crippen LogP contribution >= 0.6 is 0 Å². The predicted octanol–water partition coefficient (Wildman–Crippen LogP) is 1.83. The van der Waals surface area contributed by atoms with Crippen LogP contribution in [0.4, 0.5) is 5.82 Å². The highest BCUT2D eigenvalue weighted by molar-refractivity contribution is 5.49. The van der Waals surface area contributed by atoms with Gasteiger partial charge in [0, 0.05) is 25.5 Å². The molecule has 16 heavy (non-hydrogen) atoms. The van der Waals surface area contributed by atoms with Gasteiger partial charge < -0.3 is 4.90 Å².